The molecule has 0 N–H and O–H groups in total. The third kappa shape index (κ3) is 1.85. The van der Waals surface area contributed by atoms with Crippen LogP contribution >= 0.6 is 0 Å². The molecule has 0 aromatic carbocycles. The van der Waals surface area contributed by atoms with Gasteiger partial charge >= 0.3 is 0 Å². The first-order chi connectivity index (χ1) is 6.86. The molecule has 2 fully saturated rings. The molecule has 14 heavy (non-hydrogen) atoms. The van der Waals surface area contributed by atoms with E-state index in [0.717, 1.165) is 23.7 Å². The van der Waals surface area contributed by atoms with E-state index in [4.69, 9.17) is 0 Å². The minimum Gasteiger partial charge on any atom is -0.0651 e. The molecule has 0 saturated heterocycles. The lowest BCUT2D eigenvalue weighted by atomic mass is 9.60. The second kappa shape index (κ2) is 4.68. The minimum absolute atomic E-state index is 1.09. The third-order valence-electron chi connectivity index (χ3n) is 5.03. The standard InChI is InChI=1S/C14H26/c1-3-11-7-5-10-14-12(4-2)8-6-9-13(11)14/h11-14H,3-10H2,1-2H3. The van der Waals surface area contributed by atoms with Crippen LogP contribution in [-0.4, -0.2) is 0 Å². The summed E-state index contributed by atoms with van der Waals surface area (Å²) < 4.78 is 0. The molecule has 4 unspecified atom stereocenters. The lowest BCUT2D eigenvalue weighted by molar-refractivity contribution is 0.0506. The van der Waals surface area contributed by atoms with Crippen molar-refractivity contribution in [2.45, 2.75) is 65.2 Å². The van der Waals surface area contributed by atoms with Gasteiger partial charge in [0.2, 0.25) is 0 Å². The van der Waals surface area contributed by atoms with E-state index in [1.165, 1.54) is 38.5 Å². The first-order valence-corrected chi connectivity index (χ1v) is 6.86. The summed E-state index contributed by atoms with van der Waals surface area (Å²) in [6.07, 6.45) is 12.1. The molecule has 0 bridgehead atoms. The Labute approximate surface area is 89.5 Å². The lowest BCUT2D eigenvalue weighted by Gasteiger charge is -2.45. The monoisotopic (exact) mass is 194 g/mol. The van der Waals surface area contributed by atoms with E-state index in [2.05, 4.69) is 13.8 Å². The average molecular weight is 194 g/mol. The highest BCUT2D eigenvalue weighted by Crippen LogP contribution is 2.48. The lowest BCUT2D eigenvalue weighted by Crippen LogP contribution is -2.36. The van der Waals surface area contributed by atoms with E-state index in [9.17, 15) is 0 Å². The van der Waals surface area contributed by atoms with Crippen molar-refractivity contribution < 1.29 is 0 Å². The van der Waals surface area contributed by atoms with Gasteiger partial charge in [0.05, 0.1) is 0 Å². The van der Waals surface area contributed by atoms with Gasteiger partial charge in [0.1, 0.15) is 0 Å². The molecule has 2 aliphatic rings. The van der Waals surface area contributed by atoms with Crippen molar-refractivity contribution in [2.75, 3.05) is 0 Å². The summed E-state index contributed by atoms with van der Waals surface area (Å²) in [6.45, 7) is 4.81. The normalized spacial score (nSPS) is 43.3. The molecular weight excluding hydrogens is 168 g/mol. The number of hydrogen-bond donors (Lipinski definition) is 0. The summed E-state index contributed by atoms with van der Waals surface area (Å²) in [7, 11) is 0. The predicted molar refractivity (Wildman–Crippen MR) is 62.2 cm³/mol. The molecule has 0 spiro atoms. The van der Waals surface area contributed by atoms with Crippen LogP contribution in [0, 0.1) is 23.7 Å². The first kappa shape index (κ1) is 10.5. The third-order valence-corrected chi connectivity index (χ3v) is 5.03. The maximum Gasteiger partial charge on any atom is -0.0355 e. The Morgan fingerprint density at radius 2 is 1.14 bits per heavy atom. The summed E-state index contributed by atoms with van der Waals surface area (Å²) in [5, 5.41) is 0. The van der Waals surface area contributed by atoms with Gasteiger partial charge in [-0.1, -0.05) is 52.4 Å². The van der Waals surface area contributed by atoms with Crippen molar-refractivity contribution in [3.05, 3.63) is 0 Å². The fraction of sp³-hybridized carbons (Fsp3) is 1.00. The van der Waals surface area contributed by atoms with Gasteiger partial charge in [-0.15, -0.1) is 0 Å². The Bertz CT molecular complexity index is 153. The van der Waals surface area contributed by atoms with Crippen LogP contribution in [0.2, 0.25) is 0 Å². The highest BCUT2D eigenvalue weighted by Gasteiger charge is 2.38. The van der Waals surface area contributed by atoms with Crippen LogP contribution in [0.15, 0.2) is 0 Å². The highest BCUT2D eigenvalue weighted by atomic mass is 14.4. The SMILES string of the molecule is CCC1CCCC2C(CC)CCCC12. The molecule has 0 aliphatic heterocycles. The number of rotatable bonds is 2. The molecule has 0 heteroatoms. The van der Waals surface area contributed by atoms with Gasteiger partial charge in [0.25, 0.3) is 0 Å². The van der Waals surface area contributed by atoms with Gasteiger partial charge in [-0.25, -0.2) is 0 Å². The molecule has 0 amide bonds. The second-order valence-corrected chi connectivity index (χ2v) is 5.53. The van der Waals surface area contributed by atoms with Crippen LogP contribution in [0.4, 0.5) is 0 Å². The zero-order valence-corrected chi connectivity index (χ0v) is 9.97. The molecule has 82 valence electrons. The second-order valence-electron chi connectivity index (χ2n) is 5.53. The van der Waals surface area contributed by atoms with Crippen LogP contribution in [0.1, 0.15) is 65.2 Å². The molecule has 0 nitrogen and oxygen atoms in total. The van der Waals surface area contributed by atoms with Gasteiger partial charge < -0.3 is 0 Å². The maximum atomic E-state index is 2.41. The molecule has 4 atom stereocenters. The van der Waals surface area contributed by atoms with Gasteiger partial charge in [-0.2, -0.15) is 0 Å². The Kier molecular flexibility index (Phi) is 3.52. The Hall–Kier alpha value is 0. The van der Waals surface area contributed by atoms with E-state index >= 15 is 0 Å². The smallest absolute Gasteiger partial charge is 0.0355 e. The summed E-state index contributed by atoms with van der Waals surface area (Å²) in [5.74, 6) is 4.41. The first-order valence-electron chi connectivity index (χ1n) is 6.86. The molecule has 0 aromatic rings. The molecule has 2 saturated carbocycles. The van der Waals surface area contributed by atoms with Gasteiger partial charge in [-0.3, -0.25) is 0 Å². The molecular formula is C14H26. The summed E-state index contributed by atoms with van der Waals surface area (Å²) in [4.78, 5) is 0. The molecule has 0 heterocycles. The van der Waals surface area contributed by atoms with Crippen molar-refractivity contribution in [1.82, 2.24) is 0 Å². The molecule has 0 aromatic heterocycles. The fourth-order valence-corrected chi connectivity index (χ4v) is 4.27. The van der Waals surface area contributed by atoms with Crippen LogP contribution in [-0.2, 0) is 0 Å². The quantitative estimate of drug-likeness (QED) is 0.601. The zero-order valence-electron chi connectivity index (χ0n) is 9.97. The zero-order chi connectivity index (χ0) is 9.97. The molecule has 0 radical (unpaired) electrons. The van der Waals surface area contributed by atoms with Crippen molar-refractivity contribution >= 4 is 0 Å². The van der Waals surface area contributed by atoms with Crippen molar-refractivity contribution in [1.29, 1.82) is 0 Å². The Morgan fingerprint density at radius 3 is 1.50 bits per heavy atom. The fourth-order valence-electron chi connectivity index (χ4n) is 4.27. The van der Waals surface area contributed by atoms with E-state index < -0.39 is 0 Å². The average Bonchev–Trinajstić information content (AvgIpc) is 2.27. The maximum absolute atomic E-state index is 2.41. The summed E-state index contributed by atoms with van der Waals surface area (Å²) >= 11 is 0. The van der Waals surface area contributed by atoms with Gasteiger partial charge in [0.15, 0.2) is 0 Å². The highest BCUT2D eigenvalue weighted by molar-refractivity contribution is 4.88. The van der Waals surface area contributed by atoms with Crippen LogP contribution < -0.4 is 0 Å². The number of fused-ring (bicyclic) bond motifs is 1. The van der Waals surface area contributed by atoms with E-state index in [1.54, 1.807) is 12.8 Å². The topological polar surface area (TPSA) is 0 Å². The van der Waals surface area contributed by atoms with Crippen LogP contribution in [0.25, 0.3) is 0 Å². The van der Waals surface area contributed by atoms with Crippen molar-refractivity contribution in [3.8, 4) is 0 Å². The Balaban J connectivity index is 2.04. The van der Waals surface area contributed by atoms with Crippen molar-refractivity contribution in [2.24, 2.45) is 23.7 Å². The largest absolute Gasteiger partial charge is 0.0651 e. The number of hydrogen-bond acceptors (Lipinski definition) is 0. The van der Waals surface area contributed by atoms with Gasteiger partial charge in [0, 0.05) is 0 Å². The van der Waals surface area contributed by atoms with E-state index in [-0.39, 0.29) is 0 Å². The Morgan fingerprint density at radius 1 is 0.714 bits per heavy atom. The van der Waals surface area contributed by atoms with E-state index in [0.29, 0.717) is 0 Å². The molecule has 2 aliphatic carbocycles. The minimum atomic E-state index is 1.09. The molecule has 2 rings (SSSR count). The van der Waals surface area contributed by atoms with Crippen LogP contribution in [0.5, 0.6) is 0 Å². The van der Waals surface area contributed by atoms with E-state index in [1.807, 2.05) is 0 Å². The van der Waals surface area contributed by atoms with Crippen LogP contribution in [0.3, 0.4) is 0 Å². The van der Waals surface area contributed by atoms with Crippen molar-refractivity contribution in [3.63, 3.8) is 0 Å². The van der Waals surface area contributed by atoms with Gasteiger partial charge in [-0.05, 0) is 36.5 Å². The summed E-state index contributed by atoms with van der Waals surface area (Å²) in [6, 6.07) is 0. The summed E-state index contributed by atoms with van der Waals surface area (Å²) in [5.41, 5.74) is 0. The predicted octanol–water partition coefficient (Wildman–Crippen LogP) is 4.64.